The summed E-state index contributed by atoms with van der Waals surface area (Å²) >= 11 is 1.76. The Morgan fingerprint density at radius 1 is 1.23 bits per heavy atom. The van der Waals surface area contributed by atoms with Crippen molar-refractivity contribution in [2.45, 2.75) is 0 Å². The number of aromatic hydroxyl groups is 1. The zero-order chi connectivity index (χ0) is 9.35. The van der Waals surface area contributed by atoms with Crippen LogP contribution in [0.25, 0.3) is 0 Å². The van der Waals surface area contributed by atoms with E-state index in [-0.39, 0.29) is 51.4 Å². The quantitative estimate of drug-likeness (QED) is 0.522. The van der Waals surface area contributed by atoms with Gasteiger partial charge in [-0.05, 0) is 34.7 Å². The largest absolute Gasteiger partial charge is 1.00 e. The van der Waals surface area contributed by atoms with Crippen LogP contribution >= 0.6 is 22.6 Å². The van der Waals surface area contributed by atoms with Gasteiger partial charge in [-0.15, -0.1) is 0 Å². The summed E-state index contributed by atoms with van der Waals surface area (Å²) in [6.45, 7) is -5.10. The van der Waals surface area contributed by atoms with E-state index >= 15 is 0 Å². The SMILES string of the molecule is Oc1ccc(I)cc1[B-](F)(F)F.[K+]. The van der Waals surface area contributed by atoms with Gasteiger partial charge in [0.15, 0.2) is 0 Å². The van der Waals surface area contributed by atoms with E-state index in [1.165, 1.54) is 6.07 Å². The summed E-state index contributed by atoms with van der Waals surface area (Å²) in [4.78, 5) is 0. The van der Waals surface area contributed by atoms with Crippen LogP contribution < -0.4 is 56.8 Å². The van der Waals surface area contributed by atoms with Crippen LogP contribution in [0.2, 0.25) is 0 Å². The van der Waals surface area contributed by atoms with Crippen molar-refractivity contribution >= 4 is 35.0 Å². The van der Waals surface area contributed by atoms with E-state index in [4.69, 9.17) is 5.11 Å². The molecule has 0 unspecified atom stereocenters. The van der Waals surface area contributed by atoms with Gasteiger partial charge in [-0.1, -0.05) is 11.5 Å². The van der Waals surface area contributed by atoms with Crippen LogP contribution in [-0.2, 0) is 0 Å². The number of phenolic OH excluding ortho intramolecular Hbond substituents is 1. The predicted octanol–water partition coefficient (Wildman–Crippen LogP) is -0.945. The van der Waals surface area contributed by atoms with Crippen molar-refractivity contribution in [3.63, 3.8) is 0 Å². The minimum atomic E-state index is -5.10. The van der Waals surface area contributed by atoms with Crippen molar-refractivity contribution in [1.29, 1.82) is 0 Å². The molecule has 7 heteroatoms. The molecule has 0 spiro atoms. The van der Waals surface area contributed by atoms with Crippen molar-refractivity contribution in [2.24, 2.45) is 0 Å². The van der Waals surface area contributed by atoms with Gasteiger partial charge in [0.1, 0.15) is 0 Å². The molecule has 0 aliphatic rings. The molecule has 13 heavy (non-hydrogen) atoms. The van der Waals surface area contributed by atoms with Crippen molar-refractivity contribution in [1.82, 2.24) is 0 Å². The van der Waals surface area contributed by atoms with Crippen molar-refractivity contribution < 1.29 is 69.4 Å². The van der Waals surface area contributed by atoms with Gasteiger partial charge in [0.2, 0.25) is 0 Å². The Morgan fingerprint density at radius 2 is 1.77 bits per heavy atom. The second-order valence-corrected chi connectivity index (χ2v) is 3.52. The van der Waals surface area contributed by atoms with E-state index in [1.54, 1.807) is 22.6 Å². The van der Waals surface area contributed by atoms with E-state index < -0.39 is 18.2 Å². The molecular formula is C6H4BF3IKO. The van der Waals surface area contributed by atoms with Gasteiger partial charge in [0, 0.05) is 3.57 Å². The van der Waals surface area contributed by atoms with Crippen LogP contribution in [0.5, 0.6) is 5.75 Å². The van der Waals surface area contributed by atoms with E-state index in [0.29, 0.717) is 3.57 Å². The van der Waals surface area contributed by atoms with E-state index in [9.17, 15) is 12.9 Å². The molecule has 0 saturated carbocycles. The van der Waals surface area contributed by atoms with E-state index in [1.807, 2.05) is 0 Å². The molecule has 0 saturated heterocycles. The maximum Gasteiger partial charge on any atom is 1.00 e. The number of phenols is 1. The molecule has 1 rings (SSSR count). The Morgan fingerprint density at radius 3 is 2.15 bits per heavy atom. The second kappa shape index (κ2) is 5.36. The Kier molecular flexibility index (Phi) is 5.87. The molecule has 0 aliphatic carbocycles. The summed E-state index contributed by atoms with van der Waals surface area (Å²) in [6, 6.07) is 3.39. The van der Waals surface area contributed by atoms with Crippen LogP contribution in [0.1, 0.15) is 0 Å². The number of halogens is 4. The Hall–Kier alpha value is 1.24. The van der Waals surface area contributed by atoms with Crippen molar-refractivity contribution in [3.8, 4) is 5.75 Å². The van der Waals surface area contributed by atoms with Gasteiger partial charge in [0.05, 0.1) is 5.75 Å². The van der Waals surface area contributed by atoms with Crippen LogP contribution in [0.4, 0.5) is 12.9 Å². The molecule has 1 N–H and O–H groups in total. The monoisotopic (exact) mass is 326 g/mol. The first-order valence-electron chi connectivity index (χ1n) is 3.09. The summed E-state index contributed by atoms with van der Waals surface area (Å²) in [5.41, 5.74) is -0.929. The molecular weight excluding hydrogens is 322 g/mol. The molecule has 0 fully saturated rings. The van der Waals surface area contributed by atoms with Gasteiger partial charge in [-0.25, -0.2) is 0 Å². The third-order valence-corrected chi connectivity index (χ3v) is 2.01. The van der Waals surface area contributed by atoms with Gasteiger partial charge in [-0.2, -0.15) is 0 Å². The average Bonchev–Trinajstić information content (AvgIpc) is 1.92. The minimum Gasteiger partial charge on any atom is -0.511 e. The molecule has 0 aromatic heterocycles. The van der Waals surface area contributed by atoms with Gasteiger partial charge >= 0.3 is 58.4 Å². The fourth-order valence-electron chi connectivity index (χ4n) is 0.788. The molecule has 0 amide bonds. The third kappa shape index (κ3) is 4.08. The molecule has 1 nitrogen and oxygen atoms in total. The predicted molar refractivity (Wildman–Crippen MR) is 49.5 cm³/mol. The summed E-state index contributed by atoms with van der Waals surface area (Å²) in [5.74, 6) is -0.706. The summed E-state index contributed by atoms with van der Waals surface area (Å²) in [6.07, 6.45) is 0. The topological polar surface area (TPSA) is 20.2 Å². The van der Waals surface area contributed by atoms with E-state index in [2.05, 4.69) is 0 Å². The zero-order valence-electron chi connectivity index (χ0n) is 6.77. The normalized spacial score (nSPS) is 10.8. The van der Waals surface area contributed by atoms with Crippen LogP contribution in [0.15, 0.2) is 18.2 Å². The van der Waals surface area contributed by atoms with Gasteiger partial charge in [-0.3, -0.25) is 0 Å². The fraction of sp³-hybridized carbons (Fsp3) is 0. The van der Waals surface area contributed by atoms with E-state index in [0.717, 1.165) is 12.1 Å². The standard InChI is InChI=1S/C6H4BF3IO.K/c8-7(9,10)5-3-4(11)1-2-6(5)12;/h1-3,12H;/q-1;+1. The third-order valence-electron chi connectivity index (χ3n) is 1.34. The molecule has 0 aliphatic heterocycles. The molecule has 66 valence electrons. The smallest absolute Gasteiger partial charge is 0.511 e. The summed E-state index contributed by atoms with van der Waals surface area (Å²) < 4.78 is 36.8. The van der Waals surface area contributed by atoms with Crippen LogP contribution in [0, 0.1) is 3.57 Å². The Labute approximate surface area is 130 Å². The average molecular weight is 326 g/mol. The number of rotatable bonds is 1. The first kappa shape index (κ1) is 14.2. The van der Waals surface area contributed by atoms with Gasteiger partial charge in [0.25, 0.3) is 0 Å². The maximum atomic E-state index is 12.1. The molecule has 0 bridgehead atoms. The number of hydrogen-bond acceptors (Lipinski definition) is 1. The zero-order valence-corrected chi connectivity index (χ0v) is 12.0. The molecule has 0 radical (unpaired) electrons. The fourth-order valence-corrected chi connectivity index (χ4v) is 1.30. The van der Waals surface area contributed by atoms with Crippen molar-refractivity contribution in [2.75, 3.05) is 0 Å². The molecule has 0 atom stereocenters. The molecule has 0 heterocycles. The first-order chi connectivity index (χ1) is 5.41. The summed E-state index contributed by atoms with van der Waals surface area (Å²) in [5, 5.41) is 8.86. The Balaban J connectivity index is 0.00000144. The molecule has 1 aromatic rings. The number of benzene rings is 1. The maximum absolute atomic E-state index is 12.1. The van der Waals surface area contributed by atoms with Gasteiger partial charge < -0.3 is 18.1 Å². The van der Waals surface area contributed by atoms with Crippen LogP contribution in [-0.4, -0.2) is 12.1 Å². The van der Waals surface area contributed by atoms with Crippen molar-refractivity contribution in [3.05, 3.63) is 21.8 Å². The second-order valence-electron chi connectivity index (χ2n) is 2.28. The summed E-state index contributed by atoms with van der Waals surface area (Å²) in [7, 11) is 0. The van der Waals surface area contributed by atoms with Crippen LogP contribution in [0.3, 0.4) is 0 Å². The Bertz CT molecular complexity index is 304. The molecule has 1 aromatic carbocycles. The minimum absolute atomic E-state index is 0. The number of hydrogen-bond donors (Lipinski definition) is 1. The first-order valence-corrected chi connectivity index (χ1v) is 4.17.